The zero-order valence-electron chi connectivity index (χ0n) is 14.4. The molecule has 3 aromatic rings. The molecule has 2 aromatic carbocycles. The van der Waals surface area contributed by atoms with Crippen LogP contribution in [0, 0.1) is 0 Å². The number of carbonyl (C=O) groups is 2. The Balaban J connectivity index is 1.59. The van der Waals surface area contributed by atoms with Crippen molar-refractivity contribution in [2.75, 3.05) is 5.32 Å². The summed E-state index contributed by atoms with van der Waals surface area (Å²) >= 11 is 0. The van der Waals surface area contributed by atoms with Crippen molar-refractivity contribution in [1.29, 1.82) is 0 Å². The van der Waals surface area contributed by atoms with E-state index in [0.29, 0.717) is 0 Å². The van der Waals surface area contributed by atoms with Crippen molar-refractivity contribution < 1.29 is 27.2 Å². The number of rotatable bonds is 4. The lowest BCUT2D eigenvalue weighted by Crippen LogP contribution is -2.35. The minimum atomic E-state index is -4.64. The van der Waals surface area contributed by atoms with Crippen molar-refractivity contribution in [2.45, 2.75) is 12.7 Å². The third-order valence-corrected chi connectivity index (χ3v) is 3.95. The Kier molecular flexibility index (Phi) is 5.49. The molecule has 0 unspecified atom stereocenters. The van der Waals surface area contributed by atoms with Gasteiger partial charge in [0.1, 0.15) is 0 Å². The SMILES string of the molecule is O=C(NCc1ccc(-c2ccoc2)cc1)C(=O)Nc1ccccc1C(F)(F)F. The molecule has 0 aliphatic carbocycles. The highest BCUT2D eigenvalue weighted by Gasteiger charge is 2.34. The molecule has 1 heterocycles. The molecule has 0 aliphatic rings. The molecule has 0 fully saturated rings. The number of hydrogen-bond donors (Lipinski definition) is 2. The minimum Gasteiger partial charge on any atom is -0.472 e. The monoisotopic (exact) mass is 388 g/mol. The molecule has 2 N–H and O–H groups in total. The maximum atomic E-state index is 12.9. The number of benzene rings is 2. The van der Waals surface area contributed by atoms with Gasteiger partial charge in [0.2, 0.25) is 0 Å². The Morgan fingerprint density at radius 3 is 2.25 bits per heavy atom. The number of anilines is 1. The molecule has 2 amide bonds. The molecular weight excluding hydrogens is 373 g/mol. The largest absolute Gasteiger partial charge is 0.472 e. The van der Waals surface area contributed by atoms with Crippen LogP contribution >= 0.6 is 0 Å². The average Bonchev–Trinajstić information content (AvgIpc) is 3.21. The maximum absolute atomic E-state index is 12.9. The molecule has 0 bridgehead atoms. The predicted molar refractivity (Wildman–Crippen MR) is 96.1 cm³/mol. The van der Waals surface area contributed by atoms with Gasteiger partial charge >= 0.3 is 18.0 Å². The van der Waals surface area contributed by atoms with E-state index >= 15 is 0 Å². The smallest absolute Gasteiger partial charge is 0.418 e. The fourth-order valence-electron chi connectivity index (χ4n) is 2.52. The summed E-state index contributed by atoms with van der Waals surface area (Å²) in [5.41, 5.74) is 1.05. The van der Waals surface area contributed by atoms with Crippen LogP contribution in [0.3, 0.4) is 0 Å². The van der Waals surface area contributed by atoms with Crippen molar-refractivity contribution in [3.05, 3.63) is 78.3 Å². The molecule has 1 aromatic heterocycles. The second-order valence-electron chi connectivity index (χ2n) is 5.89. The Morgan fingerprint density at radius 2 is 1.61 bits per heavy atom. The first-order valence-electron chi connectivity index (χ1n) is 8.21. The van der Waals surface area contributed by atoms with Crippen LogP contribution in [0.1, 0.15) is 11.1 Å². The first kappa shape index (κ1) is 19.2. The van der Waals surface area contributed by atoms with Gasteiger partial charge in [-0.2, -0.15) is 13.2 Å². The molecule has 5 nitrogen and oxygen atoms in total. The van der Waals surface area contributed by atoms with Gasteiger partial charge in [0.25, 0.3) is 0 Å². The number of furan rings is 1. The highest BCUT2D eigenvalue weighted by molar-refractivity contribution is 6.39. The predicted octanol–water partition coefficient (Wildman–Crippen LogP) is 4.22. The Hall–Kier alpha value is -3.55. The molecule has 3 rings (SSSR count). The first-order chi connectivity index (χ1) is 13.3. The normalized spacial score (nSPS) is 11.1. The van der Waals surface area contributed by atoms with E-state index in [2.05, 4.69) is 5.32 Å². The van der Waals surface area contributed by atoms with Crippen molar-refractivity contribution >= 4 is 17.5 Å². The van der Waals surface area contributed by atoms with E-state index in [-0.39, 0.29) is 6.54 Å². The first-order valence-corrected chi connectivity index (χ1v) is 8.21. The van der Waals surface area contributed by atoms with Crippen LogP contribution in [0.4, 0.5) is 18.9 Å². The summed E-state index contributed by atoms with van der Waals surface area (Å²) in [5.74, 6) is -2.21. The van der Waals surface area contributed by atoms with Crippen molar-refractivity contribution in [1.82, 2.24) is 5.32 Å². The lowest BCUT2D eigenvalue weighted by atomic mass is 10.1. The highest BCUT2D eigenvalue weighted by Crippen LogP contribution is 2.34. The third kappa shape index (κ3) is 4.59. The molecule has 0 aliphatic heterocycles. The number of amides is 2. The molecule has 0 saturated carbocycles. The zero-order chi connectivity index (χ0) is 20.1. The summed E-state index contributed by atoms with van der Waals surface area (Å²) in [7, 11) is 0. The van der Waals surface area contributed by atoms with Crippen LogP contribution < -0.4 is 10.6 Å². The molecule has 0 spiro atoms. The van der Waals surface area contributed by atoms with Crippen LogP contribution in [-0.4, -0.2) is 11.8 Å². The van der Waals surface area contributed by atoms with Crippen LogP contribution in [0.5, 0.6) is 0 Å². The van der Waals surface area contributed by atoms with Gasteiger partial charge in [0.15, 0.2) is 0 Å². The van der Waals surface area contributed by atoms with Crippen molar-refractivity contribution in [2.24, 2.45) is 0 Å². The van der Waals surface area contributed by atoms with E-state index in [9.17, 15) is 22.8 Å². The Morgan fingerprint density at radius 1 is 0.893 bits per heavy atom. The Bertz CT molecular complexity index is 965. The molecule has 0 atom stereocenters. The van der Waals surface area contributed by atoms with E-state index in [0.717, 1.165) is 28.8 Å². The fraction of sp³-hybridized carbons (Fsp3) is 0.100. The topological polar surface area (TPSA) is 71.3 Å². The standard InChI is InChI=1S/C20H15F3N2O3/c21-20(22,23)16-3-1-2-4-17(16)25-19(27)18(26)24-11-13-5-7-14(8-6-13)15-9-10-28-12-15/h1-10,12H,11H2,(H,24,26)(H,25,27). The summed E-state index contributed by atoms with van der Waals surface area (Å²) in [6, 6.07) is 13.4. The molecule has 28 heavy (non-hydrogen) atoms. The number of carbonyl (C=O) groups excluding carboxylic acids is 2. The van der Waals surface area contributed by atoms with Gasteiger partial charge in [-0.05, 0) is 29.3 Å². The number of alkyl halides is 3. The van der Waals surface area contributed by atoms with Gasteiger partial charge in [-0.15, -0.1) is 0 Å². The number of halogens is 3. The molecule has 0 radical (unpaired) electrons. The maximum Gasteiger partial charge on any atom is 0.418 e. The van der Waals surface area contributed by atoms with Crippen LogP contribution in [0.25, 0.3) is 11.1 Å². The molecule has 8 heteroatoms. The number of hydrogen-bond acceptors (Lipinski definition) is 3. The van der Waals surface area contributed by atoms with Gasteiger partial charge in [-0.1, -0.05) is 36.4 Å². The van der Waals surface area contributed by atoms with Crippen LogP contribution in [-0.2, 0) is 22.3 Å². The molecule has 0 saturated heterocycles. The number of nitrogens with one attached hydrogen (secondary N) is 2. The fourth-order valence-corrected chi connectivity index (χ4v) is 2.52. The van der Waals surface area contributed by atoms with Crippen LogP contribution in [0.2, 0.25) is 0 Å². The quantitative estimate of drug-likeness (QED) is 0.658. The van der Waals surface area contributed by atoms with E-state index in [1.807, 2.05) is 17.4 Å². The summed E-state index contributed by atoms with van der Waals surface area (Å²) in [5, 5.41) is 4.38. The van der Waals surface area contributed by atoms with Crippen molar-refractivity contribution in [3.8, 4) is 11.1 Å². The highest BCUT2D eigenvalue weighted by atomic mass is 19.4. The van der Waals surface area contributed by atoms with Gasteiger partial charge in [-0.25, -0.2) is 0 Å². The van der Waals surface area contributed by atoms with Crippen LogP contribution in [0.15, 0.2) is 71.5 Å². The summed E-state index contributed by atoms with van der Waals surface area (Å²) in [6.45, 7) is 0.0544. The summed E-state index contributed by atoms with van der Waals surface area (Å²) in [6.07, 6.45) is -1.49. The van der Waals surface area contributed by atoms with E-state index in [1.54, 1.807) is 30.7 Å². The van der Waals surface area contributed by atoms with E-state index in [4.69, 9.17) is 4.42 Å². The second kappa shape index (κ2) is 7.99. The lowest BCUT2D eigenvalue weighted by molar-refractivity contribution is -0.138. The van der Waals surface area contributed by atoms with Gasteiger partial charge < -0.3 is 15.1 Å². The van der Waals surface area contributed by atoms with E-state index in [1.165, 1.54) is 12.1 Å². The van der Waals surface area contributed by atoms with Gasteiger partial charge in [-0.3, -0.25) is 9.59 Å². The van der Waals surface area contributed by atoms with Gasteiger partial charge in [0, 0.05) is 12.1 Å². The minimum absolute atomic E-state index is 0.0544. The average molecular weight is 388 g/mol. The molecule has 144 valence electrons. The molecular formula is C20H15F3N2O3. The van der Waals surface area contributed by atoms with E-state index < -0.39 is 29.2 Å². The summed E-state index contributed by atoms with van der Waals surface area (Å²) < 4.78 is 43.8. The number of para-hydroxylation sites is 1. The zero-order valence-corrected chi connectivity index (χ0v) is 14.4. The summed E-state index contributed by atoms with van der Waals surface area (Å²) in [4.78, 5) is 23.8. The second-order valence-corrected chi connectivity index (χ2v) is 5.89. The third-order valence-electron chi connectivity index (χ3n) is 3.95. The van der Waals surface area contributed by atoms with Gasteiger partial charge in [0.05, 0.1) is 23.8 Å². The van der Waals surface area contributed by atoms with Crippen molar-refractivity contribution in [3.63, 3.8) is 0 Å². The lowest BCUT2D eigenvalue weighted by Gasteiger charge is -2.13. The Labute approximate surface area is 158 Å².